The fourth-order valence-electron chi connectivity index (χ4n) is 3.21. The average Bonchev–Trinajstić information content (AvgIpc) is 3.17. The van der Waals surface area contributed by atoms with Crippen molar-refractivity contribution < 1.29 is 19.1 Å². The van der Waals surface area contributed by atoms with Crippen LogP contribution in [0.25, 0.3) is 0 Å². The van der Waals surface area contributed by atoms with E-state index >= 15 is 0 Å². The number of rotatable bonds is 8. The van der Waals surface area contributed by atoms with Crippen molar-refractivity contribution >= 4 is 17.5 Å². The number of hydrogen-bond donors (Lipinski definition) is 0. The first kappa shape index (κ1) is 19.7. The van der Waals surface area contributed by atoms with Gasteiger partial charge in [0, 0.05) is 31.7 Å². The third kappa shape index (κ3) is 4.82. The van der Waals surface area contributed by atoms with E-state index in [1.165, 1.54) is 0 Å². The molecule has 1 saturated heterocycles. The first-order valence-electron chi connectivity index (χ1n) is 9.54. The molecule has 2 aromatic rings. The molecule has 0 saturated carbocycles. The van der Waals surface area contributed by atoms with Crippen LogP contribution in [0, 0.1) is 0 Å². The maximum atomic E-state index is 12.5. The van der Waals surface area contributed by atoms with Crippen LogP contribution in [0.15, 0.2) is 48.5 Å². The second kappa shape index (κ2) is 9.26. The van der Waals surface area contributed by atoms with Crippen LogP contribution in [0.5, 0.6) is 11.5 Å². The van der Waals surface area contributed by atoms with Gasteiger partial charge >= 0.3 is 0 Å². The van der Waals surface area contributed by atoms with E-state index in [4.69, 9.17) is 9.47 Å². The van der Waals surface area contributed by atoms with Gasteiger partial charge in [0.15, 0.2) is 6.61 Å². The second-order valence-electron chi connectivity index (χ2n) is 6.69. The Kier molecular flexibility index (Phi) is 6.53. The van der Waals surface area contributed by atoms with E-state index in [1.54, 1.807) is 29.0 Å². The Hall–Kier alpha value is -3.02. The predicted molar refractivity (Wildman–Crippen MR) is 108 cm³/mol. The molecule has 1 fully saturated rings. The van der Waals surface area contributed by atoms with Crippen molar-refractivity contribution in [3.05, 3.63) is 54.1 Å². The van der Waals surface area contributed by atoms with Gasteiger partial charge in [-0.15, -0.1) is 0 Å². The molecular formula is C22H26N2O4. The van der Waals surface area contributed by atoms with E-state index in [1.807, 2.05) is 43.3 Å². The molecule has 1 aliphatic rings. The number of methoxy groups -OCH3 is 1. The summed E-state index contributed by atoms with van der Waals surface area (Å²) in [7, 11) is 1.63. The molecule has 0 unspecified atom stereocenters. The molecule has 3 rings (SSSR count). The standard InChI is InChI=1S/C22H26N2O4/c1-3-23(15-17-6-10-19(27-2)11-7-17)22(26)16-28-20-12-8-18(9-13-20)24-14-4-5-21(24)25/h6-13H,3-5,14-16H2,1-2H3. The molecular weight excluding hydrogens is 356 g/mol. The molecule has 0 aromatic heterocycles. The Morgan fingerprint density at radius 1 is 1.07 bits per heavy atom. The van der Waals surface area contributed by atoms with Gasteiger partial charge in [0.2, 0.25) is 5.91 Å². The number of carbonyl (C=O) groups is 2. The number of amides is 2. The highest BCUT2D eigenvalue weighted by molar-refractivity contribution is 5.95. The van der Waals surface area contributed by atoms with E-state index in [-0.39, 0.29) is 18.4 Å². The number of ether oxygens (including phenoxy) is 2. The van der Waals surface area contributed by atoms with Gasteiger partial charge in [0.25, 0.3) is 5.91 Å². The zero-order chi connectivity index (χ0) is 19.9. The van der Waals surface area contributed by atoms with Gasteiger partial charge < -0.3 is 19.3 Å². The highest BCUT2D eigenvalue weighted by atomic mass is 16.5. The van der Waals surface area contributed by atoms with E-state index < -0.39 is 0 Å². The van der Waals surface area contributed by atoms with Crippen molar-refractivity contribution in [2.75, 3.05) is 31.7 Å². The highest BCUT2D eigenvalue weighted by Crippen LogP contribution is 2.24. The summed E-state index contributed by atoms with van der Waals surface area (Å²) < 4.78 is 10.8. The summed E-state index contributed by atoms with van der Waals surface area (Å²) in [6.45, 7) is 3.81. The first-order chi connectivity index (χ1) is 13.6. The van der Waals surface area contributed by atoms with Crippen LogP contribution in [0.3, 0.4) is 0 Å². The quantitative estimate of drug-likeness (QED) is 0.703. The molecule has 2 aromatic carbocycles. The largest absolute Gasteiger partial charge is 0.497 e. The van der Waals surface area contributed by atoms with Crippen molar-refractivity contribution in [1.29, 1.82) is 0 Å². The number of nitrogens with zero attached hydrogens (tertiary/aromatic N) is 2. The molecule has 0 radical (unpaired) electrons. The molecule has 2 amide bonds. The van der Waals surface area contributed by atoms with Crippen LogP contribution in [-0.4, -0.2) is 43.5 Å². The zero-order valence-electron chi connectivity index (χ0n) is 16.4. The van der Waals surface area contributed by atoms with Gasteiger partial charge in [0.05, 0.1) is 7.11 Å². The van der Waals surface area contributed by atoms with E-state index in [9.17, 15) is 9.59 Å². The lowest BCUT2D eigenvalue weighted by Crippen LogP contribution is -2.34. The molecule has 1 aliphatic heterocycles. The van der Waals surface area contributed by atoms with Gasteiger partial charge in [-0.3, -0.25) is 9.59 Å². The van der Waals surface area contributed by atoms with Crippen LogP contribution >= 0.6 is 0 Å². The summed E-state index contributed by atoms with van der Waals surface area (Å²) in [6, 6.07) is 15.0. The van der Waals surface area contributed by atoms with Crippen molar-refractivity contribution in [3.8, 4) is 11.5 Å². The maximum absolute atomic E-state index is 12.5. The number of likely N-dealkylation sites (N-methyl/N-ethyl adjacent to an activating group) is 1. The first-order valence-corrected chi connectivity index (χ1v) is 9.54. The van der Waals surface area contributed by atoms with Crippen molar-refractivity contribution in [2.24, 2.45) is 0 Å². The second-order valence-corrected chi connectivity index (χ2v) is 6.69. The number of anilines is 1. The van der Waals surface area contributed by atoms with Gasteiger partial charge in [-0.2, -0.15) is 0 Å². The summed E-state index contributed by atoms with van der Waals surface area (Å²) >= 11 is 0. The minimum absolute atomic E-state index is 0.0218. The maximum Gasteiger partial charge on any atom is 0.260 e. The average molecular weight is 382 g/mol. The van der Waals surface area contributed by atoms with Crippen molar-refractivity contribution in [3.63, 3.8) is 0 Å². The summed E-state index contributed by atoms with van der Waals surface area (Å²) in [5.41, 5.74) is 1.91. The minimum Gasteiger partial charge on any atom is -0.497 e. The summed E-state index contributed by atoms with van der Waals surface area (Å²) in [6.07, 6.45) is 1.50. The van der Waals surface area contributed by atoms with Gasteiger partial charge in [0.1, 0.15) is 11.5 Å². The van der Waals surface area contributed by atoms with E-state index in [0.717, 1.165) is 30.0 Å². The van der Waals surface area contributed by atoms with Gasteiger partial charge in [-0.05, 0) is 55.3 Å². The van der Waals surface area contributed by atoms with Crippen LogP contribution in [0.1, 0.15) is 25.3 Å². The summed E-state index contributed by atoms with van der Waals surface area (Å²) in [5, 5.41) is 0. The Labute approximate surface area is 165 Å². The highest BCUT2D eigenvalue weighted by Gasteiger charge is 2.21. The molecule has 148 valence electrons. The third-order valence-corrected chi connectivity index (χ3v) is 4.85. The van der Waals surface area contributed by atoms with Crippen LogP contribution in [-0.2, 0) is 16.1 Å². The molecule has 6 nitrogen and oxygen atoms in total. The van der Waals surface area contributed by atoms with E-state index in [2.05, 4.69) is 0 Å². The fourth-order valence-corrected chi connectivity index (χ4v) is 3.21. The molecule has 6 heteroatoms. The lowest BCUT2D eigenvalue weighted by atomic mass is 10.2. The summed E-state index contributed by atoms with van der Waals surface area (Å²) in [5.74, 6) is 1.49. The van der Waals surface area contributed by atoms with Crippen molar-refractivity contribution in [2.45, 2.75) is 26.3 Å². The van der Waals surface area contributed by atoms with E-state index in [0.29, 0.717) is 25.3 Å². The minimum atomic E-state index is -0.0721. The lowest BCUT2D eigenvalue weighted by molar-refractivity contribution is -0.133. The summed E-state index contributed by atoms with van der Waals surface area (Å²) in [4.78, 5) is 27.9. The fraction of sp³-hybridized carbons (Fsp3) is 0.364. The number of hydrogen-bond acceptors (Lipinski definition) is 4. The molecule has 1 heterocycles. The number of benzene rings is 2. The lowest BCUT2D eigenvalue weighted by Gasteiger charge is -2.21. The Balaban J connectivity index is 1.53. The Morgan fingerprint density at radius 3 is 2.32 bits per heavy atom. The molecule has 28 heavy (non-hydrogen) atoms. The molecule has 0 bridgehead atoms. The van der Waals surface area contributed by atoms with Crippen LogP contribution < -0.4 is 14.4 Å². The third-order valence-electron chi connectivity index (χ3n) is 4.85. The topological polar surface area (TPSA) is 59.1 Å². The monoisotopic (exact) mass is 382 g/mol. The van der Waals surface area contributed by atoms with Crippen molar-refractivity contribution in [1.82, 2.24) is 4.90 Å². The predicted octanol–water partition coefficient (Wildman–Crippen LogP) is 3.25. The van der Waals surface area contributed by atoms with Crippen LogP contribution in [0.4, 0.5) is 5.69 Å². The molecule has 0 atom stereocenters. The Bertz CT molecular complexity index is 802. The Morgan fingerprint density at radius 2 is 1.75 bits per heavy atom. The molecule has 0 aliphatic carbocycles. The van der Waals surface area contributed by atoms with Gasteiger partial charge in [-0.25, -0.2) is 0 Å². The normalized spacial score (nSPS) is 13.5. The molecule has 0 N–H and O–H groups in total. The number of carbonyl (C=O) groups excluding carboxylic acids is 2. The SMILES string of the molecule is CCN(Cc1ccc(OC)cc1)C(=O)COc1ccc(N2CCCC2=O)cc1. The van der Waals surface area contributed by atoms with Crippen LogP contribution in [0.2, 0.25) is 0 Å². The smallest absolute Gasteiger partial charge is 0.260 e. The van der Waals surface area contributed by atoms with Gasteiger partial charge in [-0.1, -0.05) is 12.1 Å². The molecule has 0 spiro atoms. The zero-order valence-corrected chi connectivity index (χ0v) is 16.4.